The van der Waals surface area contributed by atoms with Gasteiger partial charge in [0.2, 0.25) is 0 Å². The maximum Gasteiger partial charge on any atom is 0.319 e. The van der Waals surface area contributed by atoms with Crippen LogP contribution in [0.15, 0.2) is 0 Å². The van der Waals surface area contributed by atoms with Gasteiger partial charge in [0.1, 0.15) is 0 Å². The lowest BCUT2D eigenvalue weighted by Crippen LogP contribution is -2.49. The summed E-state index contributed by atoms with van der Waals surface area (Å²) in [5, 5.41) is 9.66. The number of aliphatic hydroxyl groups excluding tert-OH is 1. The van der Waals surface area contributed by atoms with Crippen molar-refractivity contribution < 1.29 is 14.6 Å². The number of rotatable bonds is 5. The van der Waals surface area contributed by atoms with E-state index in [-0.39, 0.29) is 18.1 Å². The number of esters is 1. The number of nitrogens with zero attached hydrogens (tertiary/aromatic N) is 1. The zero-order valence-corrected chi connectivity index (χ0v) is 10.8. The van der Waals surface area contributed by atoms with E-state index in [1.165, 1.54) is 7.11 Å². The molecule has 3 N–H and O–H groups in total. The lowest BCUT2D eigenvalue weighted by atomic mass is 9.89. The largest absolute Gasteiger partial charge is 0.468 e. The zero-order valence-electron chi connectivity index (χ0n) is 10.8. The Bertz CT molecular complexity index is 248. The standard InChI is InChI=1S/C12H24N2O3/c1-3-11(15)5-9-4-10(13)7-14(6-9)8-12(16)17-2/h9-11,15H,3-8,13H2,1-2H3. The van der Waals surface area contributed by atoms with Crippen LogP contribution in [-0.2, 0) is 9.53 Å². The first kappa shape index (κ1) is 14.4. The van der Waals surface area contributed by atoms with Crippen LogP contribution in [0.1, 0.15) is 26.2 Å². The summed E-state index contributed by atoms with van der Waals surface area (Å²) in [4.78, 5) is 13.2. The molecule has 3 atom stereocenters. The minimum Gasteiger partial charge on any atom is -0.468 e. The third-order valence-corrected chi connectivity index (χ3v) is 3.30. The van der Waals surface area contributed by atoms with Gasteiger partial charge in [-0.3, -0.25) is 9.69 Å². The number of carbonyl (C=O) groups is 1. The quantitative estimate of drug-likeness (QED) is 0.664. The van der Waals surface area contributed by atoms with E-state index in [2.05, 4.69) is 4.74 Å². The molecule has 1 saturated heterocycles. The van der Waals surface area contributed by atoms with Gasteiger partial charge in [-0.25, -0.2) is 0 Å². The van der Waals surface area contributed by atoms with Gasteiger partial charge in [-0.15, -0.1) is 0 Å². The number of methoxy groups -OCH3 is 1. The van der Waals surface area contributed by atoms with Gasteiger partial charge in [-0.2, -0.15) is 0 Å². The topological polar surface area (TPSA) is 75.8 Å². The summed E-state index contributed by atoms with van der Waals surface area (Å²) in [5.41, 5.74) is 5.97. The molecule has 100 valence electrons. The molecule has 0 radical (unpaired) electrons. The van der Waals surface area contributed by atoms with Gasteiger partial charge in [0.25, 0.3) is 0 Å². The highest BCUT2D eigenvalue weighted by molar-refractivity contribution is 5.71. The van der Waals surface area contributed by atoms with E-state index in [1.807, 2.05) is 11.8 Å². The minimum absolute atomic E-state index is 0.0856. The molecule has 1 aliphatic rings. The Morgan fingerprint density at radius 2 is 2.29 bits per heavy atom. The van der Waals surface area contributed by atoms with E-state index >= 15 is 0 Å². The summed E-state index contributed by atoms with van der Waals surface area (Å²) >= 11 is 0. The number of nitrogens with two attached hydrogens (primary N) is 1. The Kier molecular flexibility index (Phi) is 5.88. The minimum atomic E-state index is -0.259. The molecule has 0 amide bonds. The van der Waals surface area contributed by atoms with Crippen LogP contribution in [0.5, 0.6) is 0 Å². The van der Waals surface area contributed by atoms with Crippen molar-refractivity contribution in [3.63, 3.8) is 0 Å². The van der Waals surface area contributed by atoms with E-state index in [4.69, 9.17) is 5.73 Å². The van der Waals surface area contributed by atoms with Gasteiger partial charge in [0.05, 0.1) is 19.8 Å². The smallest absolute Gasteiger partial charge is 0.319 e. The second kappa shape index (κ2) is 6.93. The predicted octanol–water partition coefficient (Wildman–Crippen LogP) is -0.0304. The SMILES string of the molecule is CCC(O)CC1CC(N)CN(CC(=O)OC)C1. The predicted molar refractivity (Wildman–Crippen MR) is 65.5 cm³/mol. The van der Waals surface area contributed by atoms with E-state index in [0.29, 0.717) is 12.5 Å². The molecule has 0 aromatic rings. The highest BCUT2D eigenvalue weighted by Crippen LogP contribution is 2.21. The van der Waals surface area contributed by atoms with Crippen LogP contribution < -0.4 is 5.73 Å². The molecular formula is C12H24N2O3. The van der Waals surface area contributed by atoms with Crippen LogP contribution in [0, 0.1) is 5.92 Å². The van der Waals surface area contributed by atoms with Gasteiger partial charge in [0, 0.05) is 19.1 Å². The molecule has 0 aliphatic carbocycles. The van der Waals surface area contributed by atoms with Crippen molar-refractivity contribution in [3.8, 4) is 0 Å². The van der Waals surface area contributed by atoms with Crippen molar-refractivity contribution >= 4 is 5.97 Å². The average molecular weight is 244 g/mol. The summed E-state index contributed by atoms with van der Waals surface area (Å²) in [6, 6.07) is 0.0856. The molecule has 1 fully saturated rings. The lowest BCUT2D eigenvalue weighted by Gasteiger charge is -2.36. The van der Waals surface area contributed by atoms with Crippen molar-refractivity contribution in [2.45, 2.75) is 38.3 Å². The number of piperidine rings is 1. The maximum absolute atomic E-state index is 11.2. The van der Waals surface area contributed by atoms with Crippen LogP contribution in [0.2, 0.25) is 0 Å². The van der Waals surface area contributed by atoms with Crippen molar-refractivity contribution in [1.82, 2.24) is 4.90 Å². The fourth-order valence-corrected chi connectivity index (χ4v) is 2.45. The fraction of sp³-hybridized carbons (Fsp3) is 0.917. The molecular weight excluding hydrogens is 220 g/mol. The molecule has 0 saturated carbocycles. The molecule has 1 rings (SSSR count). The lowest BCUT2D eigenvalue weighted by molar-refractivity contribution is -0.142. The summed E-state index contributed by atoms with van der Waals surface area (Å²) in [7, 11) is 1.39. The zero-order chi connectivity index (χ0) is 12.8. The maximum atomic E-state index is 11.2. The number of hydrogen-bond donors (Lipinski definition) is 2. The van der Waals surface area contributed by atoms with E-state index in [0.717, 1.165) is 32.4 Å². The number of likely N-dealkylation sites (tertiary alicyclic amines) is 1. The van der Waals surface area contributed by atoms with E-state index in [9.17, 15) is 9.90 Å². The Hall–Kier alpha value is -0.650. The van der Waals surface area contributed by atoms with Crippen LogP contribution in [0.25, 0.3) is 0 Å². The van der Waals surface area contributed by atoms with Crippen molar-refractivity contribution in [2.24, 2.45) is 11.7 Å². The highest BCUT2D eigenvalue weighted by atomic mass is 16.5. The Labute approximate surface area is 103 Å². The molecule has 0 bridgehead atoms. The normalized spacial score (nSPS) is 27.8. The molecule has 1 aliphatic heterocycles. The molecule has 0 aromatic carbocycles. The van der Waals surface area contributed by atoms with E-state index < -0.39 is 0 Å². The Balaban J connectivity index is 2.44. The molecule has 0 spiro atoms. The Morgan fingerprint density at radius 3 is 2.88 bits per heavy atom. The van der Waals surface area contributed by atoms with Gasteiger partial charge >= 0.3 is 5.97 Å². The first-order valence-corrected chi connectivity index (χ1v) is 6.28. The number of carbonyl (C=O) groups excluding carboxylic acids is 1. The number of aliphatic hydroxyl groups is 1. The van der Waals surface area contributed by atoms with Crippen molar-refractivity contribution in [1.29, 1.82) is 0 Å². The molecule has 0 aromatic heterocycles. The van der Waals surface area contributed by atoms with Gasteiger partial charge in [0.15, 0.2) is 0 Å². The Morgan fingerprint density at radius 1 is 1.59 bits per heavy atom. The van der Waals surface area contributed by atoms with Crippen LogP contribution in [-0.4, -0.2) is 54.9 Å². The van der Waals surface area contributed by atoms with Crippen LogP contribution >= 0.6 is 0 Å². The number of ether oxygens (including phenoxy) is 1. The highest BCUT2D eigenvalue weighted by Gasteiger charge is 2.27. The van der Waals surface area contributed by atoms with Gasteiger partial charge < -0.3 is 15.6 Å². The monoisotopic (exact) mass is 244 g/mol. The van der Waals surface area contributed by atoms with Crippen LogP contribution in [0.3, 0.4) is 0 Å². The summed E-state index contributed by atoms with van der Waals surface area (Å²) in [6.07, 6.45) is 2.20. The molecule has 5 nitrogen and oxygen atoms in total. The van der Waals surface area contributed by atoms with Gasteiger partial charge in [-0.05, 0) is 25.2 Å². The first-order valence-electron chi connectivity index (χ1n) is 6.28. The first-order chi connectivity index (χ1) is 8.05. The second-order valence-electron chi connectivity index (χ2n) is 4.93. The third kappa shape index (κ3) is 5.02. The second-order valence-corrected chi connectivity index (χ2v) is 4.93. The fourth-order valence-electron chi connectivity index (χ4n) is 2.45. The summed E-state index contributed by atoms with van der Waals surface area (Å²) < 4.78 is 4.65. The average Bonchev–Trinajstić information content (AvgIpc) is 2.27. The molecule has 1 heterocycles. The molecule has 3 unspecified atom stereocenters. The third-order valence-electron chi connectivity index (χ3n) is 3.30. The summed E-state index contributed by atoms with van der Waals surface area (Å²) in [5.74, 6) is 0.146. The van der Waals surface area contributed by atoms with Crippen LogP contribution in [0.4, 0.5) is 0 Å². The number of hydrogen-bond acceptors (Lipinski definition) is 5. The molecule has 5 heteroatoms. The van der Waals surface area contributed by atoms with Crippen molar-refractivity contribution in [2.75, 3.05) is 26.7 Å². The molecule has 17 heavy (non-hydrogen) atoms. The summed E-state index contributed by atoms with van der Waals surface area (Å²) in [6.45, 7) is 3.82. The van der Waals surface area contributed by atoms with Gasteiger partial charge in [-0.1, -0.05) is 6.92 Å². The van der Waals surface area contributed by atoms with Crippen molar-refractivity contribution in [3.05, 3.63) is 0 Å². The van der Waals surface area contributed by atoms with E-state index in [1.54, 1.807) is 0 Å².